The highest BCUT2D eigenvalue weighted by atomic mass is 32.2. The Balaban J connectivity index is 1.35. The molecule has 0 amide bonds. The van der Waals surface area contributed by atoms with Crippen LogP contribution in [0, 0.1) is 6.92 Å². The van der Waals surface area contributed by atoms with Crippen molar-refractivity contribution in [2.45, 2.75) is 37.2 Å². The highest BCUT2D eigenvalue weighted by molar-refractivity contribution is 7.89. The van der Waals surface area contributed by atoms with Crippen molar-refractivity contribution in [1.29, 1.82) is 0 Å². The van der Waals surface area contributed by atoms with Gasteiger partial charge in [-0.05, 0) is 43.5 Å². The number of nitrogens with zero attached hydrogens (tertiary/aromatic N) is 2. The van der Waals surface area contributed by atoms with Crippen LogP contribution in [0.4, 0.5) is 5.82 Å². The molecule has 0 saturated heterocycles. The lowest BCUT2D eigenvalue weighted by molar-refractivity contribution is 0.126. The summed E-state index contributed by atoms with van der Waals surface area (Å²) in [4.78, 5) is 6.51. The van der Waals surface area contributed by atoms with Crippen LogP contribution in [-0.2, 0) is 21.2 Å². The van der Waals surface area contributed by atoms with Gasteiger partial charge in [-0.25, -0.2) is 18.1 Å². The lowest BCUT2D eigenvalue weighted by Crippen LogP contribution is -2.27. The molecule has 1 N–H and O–H groups in total. The second-order valence-corrected chi connectivity index (χ2v) is 9.43. The van der Waals surface area contributed by atoms with Gasteiger partial charge < -0.3 is 14.1 Å². The van der Waals surface area contributed by atoms with E-state index in [0.717, 1.165) is 35.4 Å². The van der Waals surface area contributed by atoms with Gasteiger partial charge in [-0.3, -0.25) is 0 Å². The number of hydrogen-bond donors (Lipinski definition) is 1. The number of rotatable bonds is 10. The summed E-state index contributed by atoms with van der Waals surface area (Å²) in [7, 11) is -1.72. The van der Waals surface area contributed by atoms with Gasteiger partial charge in [-0.2, -0.15) is 0 Å². The normalized spacial score (nSPS) is 14.3. The van der Waals surface area contributed by atoms with Crippen molar-refractivity contribution < 1.29 is 17.6 Å². The van der Waals surface area contributed by atoms with E-state index in [1.807, 2.05) is 42.3 Å². The van der Waals surface area contributed by atoms with Crippen LogP contribution in [0.3, 0.4) is 0 Å². The molecule has 1 aliphatic carbocycles. The van der Waals surface area contributed by atoms with E-state index in [2.05, 4.69) is 9.71 Å². The first-order valence-corrected chi connectivity index (χ1v) is 11.7. The molecule has 1 saturated carbocycles. The fraction of sp³-hybridized carbons (Fsp3) is 0.409. The Morgan fingerprint density at radius 1 is 1.27 bits per heavy atom. The first kappa shape index (κ1) is 20.8. The van der Waals surface area contributed by atoms with Gasteiger partial charge in [0.25, 0.3) is 0 Å². The zero-order chi connectivity index (χ0) is 21.1. The highest BCUT2D eigenvalue weighted by Gasteiger charge is 2.22. The zero-order valence-electron chi connectivity index (χ0n) is 17.3. The van der Waals surface area contributed by atoms with E-state index in [1.54, 1.807) is 13.0 Å². The number of nitrogens with one attached hydrogen (secondary N) is 1. The van der Waals surface area contributed by atoms with Crippen LogP contribution in [0.5, 0.6) is 0 Å². The summed E-state index contributed by atoms with van der Waals surface area (Å²) in [5, 5.41) is 1.01. The molecule has 30 heavy (non-hydrogen) atoms. The first-order valence-electron chi connectivity index (χ1n) is 10.2. The lowest BCUT2D eigenvalue weighted by Gasteiger charge is -2.19. The number of sulfonamides is 1. The Kier molecular flexibility index (Phi) is 6.08. The van der Waals surface area contributed by atoms with Gasteiger partial charge in [-0.15, -0.1) is 0 Å². The third kappa shape index (κ3) is 5.00. The van der Waals surface area contributed by atoms with E-state index in [-0.39, 0.29) is 11.4 Å². The van der Waals surface area contributed by atoms with Gasteiger partial charge in [0, 0.05) is 38.1 Å². The van der Waals surface area contributed by atoms with Crippen LogP contribution < -0.4 is 9.62 Å². The summed E-state index contributed by atoms with van der Waals surface area (Å²) in [5.41, 5.74) is 1.46. The van der Waals surface area contributed by atoms with Crippen molar-refractivity contribution in [1.82, 2.24) is 9.71 Å². The Morgan fingerprint density at radius 2 is 2.07 bits per heavy atom. The van der Waals surface area contributed by atoms with E-state index in [9.17, 15) is 8.42 Å². The van der Waals surface area contributed by atoms with Crippen molar-refractivity contribution in [3.63, 3.8) is 0 Å². The zero-order valence-corrected chi connectivity index (χ0v) is 18.1. The van der Waals surface area contributed by atoms with E-state index in [4.69, 9.17) is 9.15 Å². The minimum atomic E-state index is -3.65. The number of likely N-dealkylation sites (N-methyl/N-ethyl adjacent to an activating group) is 1. The smallest absolute Gasteiger partial charge is 0.242 e. The van der Waals surface area contributed by atoms with Gasteiger partial charge in [-0.1, -0.05) is 18.2 Å². The SMILES string of the molecule is Cc1cc(N(C)CCOC2CC2)ncc1S(=O)(=O)NCCc1cc2ccccc2o1. The largest absolute Gasteiger partial charge is 0.461 e. The van der Waals surface area contributed by atoms with Crippen molar-refractivity contribution in [2.24, 2.45) is 0 Å². The summed E-state index contributed by atoms with van der Waals surface area (Å²) < 4.78 is 39.5. The molecule has 3 aromatic rings. The summed E-state index contributed by atoms with van der Waals surface area (Å²) in [6.07, 6.45) is 4.62. The predicted octanol–water partition coefficient (Wildman–Crippen LogP) is 3.27. The summed E-state index contributed by atoms with van der Waals surface area (Å²) >= 11 is 0. The number of aryl methyl sites for hydroxylation is 1. The van der Waals surface area contributed by atoms with Crippen molar-refractivity contribution in [2.75, 3.05) is 31.6 Å². The molecule has 2 aromatic heterocycles. The highest BCUT2D eigenvalue weighted by Crippen LogP contribution is 2.24. The monoisotopic (exact) mass is 429 g/mol. The predicted molar refractivity (Wildman–Crippen MR) is 116 cm³/mol. The maximum Gasteiger partial charge on any atom is 0.242 e. The number of fused-ring (bicyclic) bond motifs is 1. The summed E-state index contributed by atoms with van der Waals surface area (Å²) in [6.45, 7) is 3.39. The standard InChI is InChI=1S/C22H27N3O4S/c1-16-13-22(25(2)11-12-28-18-7-8-18)23-15-21(16)30(26,27)24-10-9-19-14-17-5-3-4-6-20(17)29-19/h3-6,13-15,18,24H,7-12H2,1-2H3. The van der Waals surface area contributed by atoms with Gasteiger partial charge in [0.1, 0.15) is 22.1 Å². The molecule has 0 unspecified atom stereocenters. The topological polar surface area (TPSA) is 84.7 Å². The number of anilines is 1. The quantitative estimate of drug-likeness (QED) is 0.532. The molecule has 0 bridgehead atoms. The van der Waals surface area contributed by atoms with Gasteiger partial charge >= 0.3 is 0 Å². The maximum atomic E-state index is 12.7. The van der Waals surface area contributed by atoms with Crippen LogP contribution in [0.1, 0.15) is 24.2 Å². The first-order chi connectivity index (χ1) is 14.4. The van der Waals surface area contributed by atoms with E-state index < -0.39 is 10.0 Å². The second kappa shape index (κ2) is 8.75. The minimum absolute atomic E-state index is 0.193. The molecular weight excluding hydrogens is 402 g/mol. The maximum absolute atomic E-state index is 12.7. The number of benzene rings is 1. The summed E-state index contributed by atoms with van der Waals surface area (Å²) in [6, 6.07) is 11.5. The van der Waals surface area contributed by atoms with E-state index >= 15 is 0 Å². The molecule has 160 valence electrons. The number of furan rings is 1. The van der Waals surface area contributed by atoms with E-state index in [1.165, 1.54) is 6.20 Å². The van der Waals surface area contributed by atoms with Crippen LogP contribution in [-0.4, -0.2) is 46.2 Å². The number of pyridine rings is 1. The average molecular weight is 430 g/mol. The Morgan fingerprint density at radius 3 is 2.80 bits per heavy atom. The summed E-state index contributed by atoms with van der Waals surface area (Å²) in [5.74, 6) is 1.48. The number of ether oxygens (including phenoxy) is 1. The number of aromatic nitrogens is 1. The molecule has 7 nitrogen and oxygen atoms in total. The Bertz CT molecular complexity index is 1090. The fourth-order valence-corrected chi connectivity index (χ4v) is 4.47. The lowest BCUT2D eigenvalue weighted by atomic mass is 10.2. The van der Waals surface area contributed by atoms with Gasteiger partial charge in [0.05, 0.1) is 12.7 Å². The third-order valence-corrected chi connectivity index (χ3v) is 6.76. The molecule has 1 aromatic carbocycles. The Labute approximate surface area is 177 Å². The Hall–Kier alpha value is -2.42. The van der Waals surface area contributed by atoms with Crippen LogP contribution in [0.15, 0.2) is 51.9 Å². The van der Waals surface area contributed by atoms with Crippen molar-refractivity contribution in [3.8, 4) is 0 Å². The van der Waals surface area contributed by atoms with E-state index in [0.29, 0.717) is 31.2 Å². The van der Waals surface area contributed by atoms with Crippen LogP contribution >= 0.6 is 0 Å². The molecule has 0 radical (unpaired) electrons. The van der Waals surface area contributed by atoms with Crippen molar-refractivity contribution >= 4 is 26.8 Å². The van der Waals surface area contributed by atoms with Crippen LogP contribution in [0.2, 0.25) is 0 Å². The molecule has 2 heterocycles. The molecule has 0 spiro atoms. The third-order valence-electron chi connectivity index (χ3n) is 5.17. The van der Waals surface area contributed by atoms with Gasteiger partial charge in [0.15, 0.2) is 0 Å². The molecular formula is C22H27N3O4S. The van der Waals surface area contributed by atoms with Crippen molar-refractivity contribution in [3.05, 3.63) is 53.9 Å². The molecule has 8 heteroatoms. The van der Waals surface area contributed by atoms with Gasteiger partial charge in [0.2, 0.25) is 10.0 Å². The number of hydrogen-bond acceptors (Lipinski definition) is 6. The minimum Gasteiger partial charge on any atom is -0.461 e. The number of para-hydroxylation sites is 1. The molecule has 1 aliphatic rings. The fourth-order valence-electron chi connectivity index (χ4n) is 3.27. The van der Waals surface area contributed by atoms with Crippen LogP contribution in [0.25, 0.3) is 11.0 Å². The molecule has 1 fully saturated rings. The molecule has 0 atom stereocenters. The second-order valence-electron chi connectivity index (χ2n) is 7.70. The average Bonchev–Trinajstić information content (AvgIpc) is 3.44. The molecule has 0 aliphatic heterocycles. The molecule has 4 rings (SSSR count).